The minimum absolute atomic E-state index is 0. The van der Waals surface area contributed by atoms with Crippen molar-refractivity contribution in [1.82, 2.24) is 0 Å². The Bertz CT molecular complexity index is 434. The third-order valence-corrected chi connectivity index (χ3v) is 7.73. The third kappa shape index (κ3) is 117. The van der Waals surface area contributed by atoms with Crippen LogP contribution in [-0.2, 0) is 88.9 Å². The molecule has 0 aromatic heterocycles. The molecular weight excluding hydrogens is 838 g/mol. The Morgan fingerprint density at radius 2 is 0.423 bits per heavy atom. The number of quaternary nitrogens is 1. The van der Waals surface area contributed by atoms with Crippen molar-refractivity contribution in [1.29, 1.82) is 0 Å². The van der Waals surface area contributed by atoms with Gasteiger partial charge in [-0.15, -0.1) is 0 Å². The van der Waals surface area contributed by atoms with Crippen molar-refractivity contribution in [3.63, 3.8) is 0 Å². The van der Waals surface area contributed by atoms with Gasteiger partial charge in [0.2, 0.25) is 0 Å². The van der Waals surface area contributed by atoms with E-state index < -0.39 is 0 Å². The summed E-state index contributed by atoms with van der Waals surface area (Å²) in [7, 11) is 4.92. The predicted octanol–water partition coefficient (Wildman–Crippen LogP) is 1.71. The molecule has 0 amide bonds. The fourth-order valence-corrected chi connectivity index (χ4v) is 5.23. The van der Waals surface area contributed by atoms with Crippen molar-refractivity contribution in [2.24, 2.45) is 0 Å². The molecular formula is C32H70Al2Fe2MgNNa2O11Si+. The van der Waals surface area contributed by atoms with Crippen molar-refractivity contribution < 1.29 is 158 Å². The molecule has 0 atom stereocenters. The molecule has 0 fully saturated rings. The van der Waals surface area contributed by atoms with Crippen LogP contribution in [0.25, 0.3) is 0 Å². The molecule has 2 radical (unpaired) electrons. The number of rotatable bonds is 28. The summed E-state index contributed by atoms with van der Waals surface area (Å²) in [6.07, 6.45) is 38.0. The van der Waals surface area contributed by atoms with Crippen LogP contribution in [0.15, 0.2) is 0 Å². The fourth-order valence-electron chi connectivity index (χ4n) is 5.23. The molecule has 0 bridgehead atoms. The van der Waals surface area contributed by atoms with Crippen LogP contribution < -0.4 is 59.1 Å². The molecule has 0 rings (SSSR count). The summed E-state index contributed by atoms with van der Waals surface area (Å²) in [6, 6.07) is 0. The Morgan fingerprint density at radius 3 is 0.558 bits per heavy atom. The van der Waals surface area contributed by atoms with Gasteiger partial charge >= 0.3 is 162 Å². The summed E-state index contributed by atoms with van der Waals surface area (Å²) >= 11 is 0. The van der Waals surface area contributed by atoms with Gasteiger partial charge < -0.3 is 64.7 Å². The molecule has 2 N–H and O–H groups in total. The zero-order chi connectivity index (χ0) is 24.3. The third-order valence-electron chi connectivity index (χ3n) is 7.73. The van der Waals surface area contributed by atoms with Gasteiger partial charge in [0.1, 0.15) is 0 Å². The normalized spacial score (nSPS) is 7.62. The van der Waals surface area contributed by atoms with Gasteiger partial charge in [0.25, 0.3) is 0 Å². The molecule has 0 heterocycles. The van der Waals surface area contributed by atoms with E-state index in [1.807, 2.05) is 0 Å². The fraction of sp³-hybridized carbons (Fsp3) is 1.00. The maximum absolute atomic E-state index is 2.46. The maximum Gasteiger partial charge on any atom is 4.00 e. The monoisotopic (exact) mass is 908 g/mol. The molecule has 12 nitrogen and oxygen atoms in total. The number of nitrogens with zero attached hydrogens (tertiary/aromatic N) is 1. The quantitative estimate of drug-likeness (QED) is 0.0615. The zero-order valence-electron chi connectivity index (χ0n) is 33.9. The van der Waals surface area contributed by atoms with Crippen molar-refractivity contribution in [2.75, 3.05) is 27.2 Å². The average molecular weight is 909 g/mol. The second kappa shape index (κ2) is 111. The zero-order valence-corrected chi connectivity index (χ0v) is 44.8. The summed E-state index contributed by atoms with van der Waals surface area (Å²) in [5, 5.41) is 0. The van der Waals surface area contributed by atoms with Crippen LogP contribution in [0.2, 0.25) is 0 Å². The first-order valence-corrected chi connectivity index (χ1v) is 15.9. The summed E-state index contributed by atoms with van der Waals surface area (Å²) in [5.74, 6) is 0. The van der Waals surface area contributed by atoms with Crippen LogP contribution in [0, 0.1) is 0 Å². The summed E-state index contributed by atoms with van der Waals surface area (Å²) in [6.45, 7) is 7.38. The molecule has 0 unspecified atom stereocenters. The van der Waals surface area contributed by atoms with Gasteiger partial charge in [-0.2, -0.15) is 0 Å². The predicted molar refractivity (Wildman–Crippen MR) is 187 cm³/mol. The summed E-state index contributed by atoms with van der Waals surface area (Å²) in [5.41, 5.74) is 0. The van der Waals surface area contributed by atoms with Crippen molar-refractivity contribution in [3.8, 4) is 0 Å². The molecule has 0 aliphatic carbocycles. The molecule has 20 heteroatoms. The van der Waals surface area contributed by atoms with E-state index in [9.17, 15) is 0 Å². The van der Waals surface area contributed by atoms with E-state index in [2.05, 4.69) is 27.9 Å². The minimum atomic E-state index is 0. The second-order valence-corrected chi connectivity index (χ2v) is 11.9. The Labute approximate surface area is 429 Å². The van der Waals surface area contributed by atoms with Crippen molar-refractivity contribution in [3.05, 3.63) is 0 Å². The molecule has 0 aromatic rings. The first-order valence-electron chi connectivity index (χ1n) is 15.9. The van der Waals surface area contributed by atoms with Crippen LogP contribution >= 0.6 is 0 Å². The first kappa shape index (κ1) is 131. The number of unbranched alkanes of at least 4 members (excludes halogenated alkanes) is 24. The largest absolute Gasteiger partial charge is 4.00 e. The Kier molecular flexibility index (Phi) is 279. The Hall–Kier alpha value is 4.61. The Morgan fingerprint density at radius 1 is 0.308 bits per heavy atom. The van der Waals surface area contributed by atoms with Gasteiger partial charge in [0.05, 0.1) is 27.2 Å². The van der Waals surface area contributed by atoms with Crippen LogP contribution in [0.4, 0.5) is 0 Å². The van der Waals surface area contributed by atoms with Crippen molar-refractivity contribution in [2.45, 2.75) is 181 Å². The van der Waals surface area contributed by atoms with Gasteiger partial charge in [0, 0.05) is 0 Å². The van der Waals surface area contributed by atoms with Gasteiger partial charge in [-0.05, 0) is 25.7 Å². The molecule has 0 saturated carbocycles. The SMILES string of the molecule is CCCCCCCCCCCCCCCC[N+](C)(C)CCCCCCCCCCCCCC.O.[Al+3].[Al+3].[Fe+3].[Fe+3].[Mg+2].[Na+].[Na+].[O-2].[O-2].[O-2].[O-2].[O-2].[O-2].[O-2].[O-2].[O-2].[O-2].[Si+4]. The van der Waals surface area contributed by atoms with Gasteiger partial charge in [0.15, 0.2) is 0 Å². The van der Waals surface area contributed by atoms with E-state index in [1.165, 1.54) is 185 Å². The molecule has 0 saturated heterocycles. The second-order valence-electron chi connectivity index (χ2n) is 11.9. The number of hydrogen-bond donors (Lipinski definition) is 0. The van der Waals surface area contributed by atoms with E-state index in [-0.39, 0.29) is 222 Å². The van der Waals surface area contributed by atoms with E-state index in [0.29, 0.717) is 0 Å². The molecule has 0 aromatic carbocycles. The Balaban J connectivity index is -0.0000000299. The van der Waals surface area contributed by atoms with Crippen LogP contribution in [-0.4, -0.2) is 106 Å². The molecule has 0 spiro atoms. The summed E-state index contributed by atoms with van der Waals surface area (Å²) < 4.78 is 1.25. The smallest absolute Gasteiger partial charge is 2.00 e. The van der Waals surface area contributed by atoms with Crippen LogP contribution in [0.5, 0.6) is 0 Å². The van der Waals surface area contributed by atoms with E-state index in [1.54, 1.807) is 0 Å². The van der Waals surface area contributed by atoms with Crippen LogP contribution in [0.3, 0.4) is 0 Å². The van der Waals surface area contributed by atoms with E-state index in [0.717, 1.165) is 0 Å². The van der Waals surface area contributed by atoms with Crippen molar-refractivity contribution >= 4 is 68.7 Å². The number of hydrogen-bond acceptors (Lipinski definition) is 0. The maximum atomic E-state index is 2.46. The summed E-state index contributed by atoms with van der Waals surface area (Å²) in [4.78, 5) is 0. The van der Waals surface area contributed by atoms with Crippen LogP contribution in [0.1, 0.15) is 181 Å². The topological polar surface area (TPSA) is 316 Å². The van der Waals surface area contributed by atoms with E-state index >= 15 is 0 Å². The molecule has 52 heavy (non-hydrogen) atoms. The van der Waals surface area contributed by atoms with Gasteiger partial charge in [-0.3, -0.25) is 0 Å². The molecule has 0 aliphatic heterocycles. The average Bonchev–Trinajstić information content (AvgIpc) is 2.80. The minimum Gasteiger partial charge on any atom is -2.00 e. The van der Waals surface area contributed by atoms with E-state index in [4.69, 9.17) is 0 Å². The molecule has 0 aliphatic rings. The first-order chi connectivity index (χ1) is 16.1. The van der Waals surface area contributed by atoms with Gasteiger partial charge in [-0.25, -0.2) is 0 Å². The molecule has 298 valence electrons. The van der Waals surface area contributed by atoms with Gasteiger partial charge in [-0.1, -0.05) is 155 Å². The standard InChI is InChI=1S/C32H68N.2Al.2Fe.Mg.2Na.H2O.10O.Si/c1-5-7-9-11-13-15-17-19-20-22-24-26-28-30-32-33(3,4)31-29-27-25-23-21-18-16-14-12-10-8-6-2;;;;;;;;;;;;;;;;;;;/h5-32H2,1-4H3;;;;;;;;1H2;;;;;;;;;;;/q+1;4*+3;+2;2*+1;;10*-2;+4.